The van der Waals surface area contributed by atoms with Gasteiger partial charge in [-0.3, -0.25) is 4.79 Å². The lowest BCUT2D eigenvalue weighted by Gasteiger charge is -2.21. The fourth-order valence-corrected chi connectivity index (χ4v) is 4.53. The van der Waals surface area contributed by atoms with E-state index in [2.05, 4.69) is 5.32 Å². The Morgan fingerprint density at radius 1 is 1.13 bits per heavy atom. The van der Waals surface area contributed by atoms with Crippen LogP contribution in [0.2, 0.25) is 0 Å². The van der Waals surface area contributed by atoms with Gasteiger partial charge >= 0.3 is 0 Å². The smallest absolute Gasteiger partial charge is 0.265 e. The van der Waals surface area contributed by atoms with Gasteiger partial charge in [-0.2, -0.15) is 9.57 Å². The van der Waals surface area contributed by atoms with Crippen LogP contribution >= 0.6 is 0 Å². The average Bonchev–Trinajstić information content (AvgIpc) is 2.75. The van der Waals surface area contributed by atoms with E-state index in [9.17, 15) is 13.2 Å². The van der Waals surface area contributed by atoms with Crippen LogP contribution in [0.5, 0.6) is 11.5 Å². The van der Waals surface area contributed by atoms with Gasteiger partial charge in [0.25, 0.3) is 5.91 Å². The Hall–Kier alpha value is -3.09. The van der Waals surface area contributed by atoms with Gasteiger partial charge < -0.3 is 14.8 Å². The van der Waals surface area contributed by atoms with E-state index in [1.165, 1.54) is 16.4 Å². The summed E-state index contributed by atoms with van der Waals surface area (Å²) < 4.78 is 38.5. The Balaban J connectivity index is 2.29. The first-order valence-corrected chi connectivity index (χ1v) is 11.5. The first-order valence-electron chi connectivity index (χ1n) is 10.0. The molecule has 1 atom stereocenters. The van der Waals surface area contributed by atoms with Gasteiger partial charge in [0.15, 0.2) is 6.10 Å². The minimum atomic E-state index is -3.80. The number of hydrogen-bond acceptors (Lipinski definition) is 6. The molecule has 1 unspecified atom stereocenters. The van der Waals surface area contributed by atoms with Crippen molar-refractivity contribution in [2.75, 3.05) is 25.0 Å². The number of amides is 1. The molecule has 0 bridgehead atoms. The highest BCUT2D eigenvalue weighted by molar-refractivity contribution is 7.89. The first kappa shape index (κ1) is 24.2. The van der Waals surface area contributed by atoms with Gasteiger partial charge in [0.05, 0.1) is 12.2 Å². The fourth-order valence-electron chi connectivity index (χ4n) is 2.91. The second kappa shape index (κ2) is 10.8. The topological polar surface area (TPSA) is 109 Å². The van der Waals surface area contributed by atoms with Gasteiger partial charge in [0.2, 0.25) is 10.0 Å². The normalized spacial score (nSPS) is 12.1. The molecule has 2 rings (SSSR count). The third-order valence-electron chi connectivity index (χ3n) is 4.51. The molecule has 0 aliphatic rings. The van der Waals surface area contributed by atoms with Crippen LogP contribution in [0, 0.1) is 11.3 Å². The maximum atomic E-state index is 13.1. The Labute approximate surface area is 183 Å². The molecule has 31 heavy (non-hydrogen) atoms. The molecule has 0 saturated heterocycles. The van der Waals surface area contributed by atoms with Crippen LogP contribution in [0.1, 0.15) is 33.3 Å². The van der Waals surface area contributed by atoms with Crippen LogP contribution in [-0.4, -0.2) is 44.4 Å². The van der Waals surface area contributed by atoms with Gasteiger partial charge in [-0.15, -0.1) is 0 Å². The van der Waals surface area contributed by atoms with Gasteiger partial charge in [-0.25, -0.2) is 8.42 Å². The zero-order valence-corrected chi connectivity index (χ0v) is 18.9. The Morgan fingerprint density at radius 3 is 2.42 bits per heavy atom. The minimum absolute atomic E-state index is 0.0146. The average molecular weight is 446 g/mol. The van der Waals surface area contributed by atoms with Crippen LogP contribution < -0.4 is 14.8 Å². The molecular weight excluding hydrogens is 418 g/mol. The number of rotatable bonds is 10. The maximum absolute atomic E-state index is 13.1. The molecule has 166 valence electrons. The highest BCUT2D eigenvalue weighted by atomic mass is 32.2. The maximum Gasteiger partial charge on any atom is 0.265 e. The van der Waals surface area contributed by atoms with Gasteiger partial charge in [0.1, 0.15) is 22.5 Å². The van der Waals surface area contributed by atoms with E-state index in [-0.39, 0.29) is 10.6 Å². The molecule has 2 aromatic carbocycles. The summed E-state index contributed by atoms with van der Waals surface area (Å²) in [5.74, 6) is 0.0341. The molecule has 8 nitrogen and oxygen atoms in total. The van der Waals surface area contributed by atoms with Crippen molar-refractivity contribution in [3.05, 3.63) is 48.0 Å². The number of hydrogen-bond donors (Lipinski definition) is 1. The summed E-state index contributed by atoms with van der Waals surface area (Å²) in [6.45, 7) is 7.74. The lowest BCUT2D eigenvalue weighted by Crippen LogP contribution is -2.32. The summed E-state index contributed by atoms with van der Waals surface area (Å²) >= 11 is 0. The number of sulfonamides is 1. The van der Waals surface area contributed by atoms with Gasteiger partial charge in [-0.05, 0) is 44.2 Å². The van der Waals surface area contributed by atoms with E-state index in [1.807, 2.05) is 6.07 Å². The Morgan fingerprint density at radius 2 is 1.81 bits per heavy atom. The van der Waals surface area contributed by atoms with Crippen LogP contribution in [0.4, 0.5) is 5.69 Å². The number of nitrogens with zero attached hydrogens (tertiary/aromatic N) is 2. The van der Waals surface area contributed by atoms with E-state index in [0.29, 0.717) is 36.7 Å². The highest BCUT2D eigenvalue weighted by Crippen LogP contribution is 2.30. The van der Waals surface area contributed by atoms with E-state index in [4.69, 9.17) is 14.7 Å². The van der Waals surface area contributed by atoms with Crippen molar-refractivity contribution in [3.63, 3.8) is 0 Å². The molecule has 1 amide bonds. The highest BCUT2D eigenvalue weighted by Gasteiger charge is 2.27. The summed E-state index contributed by atoms with van der Waals surface area (Å²) in [6.07, 6.45) is -0.913. The molecule has 1 N–H and O–H groups in total. The van der Waals surface area contributed by atoms with Gasteiger partial charge in [-0.1, -0.05) is 26.0 Å². The Bertz CT molecular complexity index is 1060. The summed E-state index contributed by atoms with van der Waals surface area (Å²) in [7, 11) is -3.80. The first-order chi connectivity index (χ1) is 14.8. The van der Waals surface area contributed by atoms with Crippen molar-refractivity contribution in [2.24, 2.45) is 0 Å². The van der Waals surface area contributed by atoms with E-state index >= 15 is 0 Å². The number of carbonyl (C=O) groups is 1. The molecule has 0 saturated carbocycles. The molecule has 0 aliphatic carbocycles. The van der Waals surface area contributed by atoms with E-state index < -0.39 is 22.0 Å². The number of nitriles is 1. The number of para-hydroxylation sites is 1. The summed E-state index contributed by atoms with van der Waals surface area (Å²) in [4.78, 5) is 12.6. The molecule has 0 heterocycles. The van der Waals surface area contributed by atoms with Crippen LogP contribution in [0.15, 0.2) is 47.4 Å². The second-order valence-corrected chi connectivity index (χ2v) is 8.45. The SMILES string of the molecule is CCOc1ccc(NC(=O)C(C)Oc2ccccc2C#N)cc1S(=O)(=O)N(CC)CC. The van der Waals surface area contributed by atoms with Crippen molar-refractivity contribution in [2.45, 2.75) is 38.7 Å². The van der Waals surface area contributed by atoms with Crippen molar-refractivity contribution >= 4 is 21.6 Å². The summed E-state index contributed by atoms with van der Waals surface area (Å²) in [5, 5.41) is 11.8. The van der Waals surface area contributed by atoms with Crippen molar-refractivity contribution < 1.29 is 22.7 Å². The summed E-state index contributed by atoms with van der Waals surface area (Å²) in [5.41, 5.74) is 0.610. The predicted molar refractivity (Wildman–Crippen MR) is 118 cm³/mol. The van der Waals surface area contributed by atoms with Crippen molar-refractivity contribution in [1.29, 1.82) is 5.26 Å². The number of nitrogens with one attached hydrogen (secondary N) is 1. The number of benzene rings is 2. The third-order valence-corrected chi connectivity index (χ3v) is 6.59. The van der Waals surface area contributed by atoms with E-state index in [0.717, 1.165) is 0 Å². The largest absolute Gasteiger partial charge is 0.492 e. The quantitative estimate of drug-likeness (QED) is 0.600. The summed E-state index contributed by atoms with van der Waals surface area (Å²) in [6, 6.07) is 13.1. The standard InChI is InChI=1S/C22H27N3O5S/c1-5-25(6-2)31(27,28)21-14-18(12-13-20(21)29-7-3)24-22(26)16(4)30-19-11-9-8-10-17(19)15-23/h8-14,16H,5-7H2,1-4H3,(H,24,26). The van der Waals surface area contributed by atoms with Crippen molar-refractivity contribution in [3.8, 4) is 17.6 Å². The van der Waals surface area contributed by atoms with Gasteiger partial charge in [0, 0.05) is 18.8 Å². The molecular formula is C22H27N3O5S. The zero-order chi connectivity index (χ0) is 23.0. The predicted octanol–water partition coefficient (Wildman–Crippen LogP) is 3.39. The molecule has 0 radical (unpaired) electrons. The lowest BCUT2D eigenvalue weighted by atomic mass is 10.2. The number of carbonyl (C=O) groups excluding carboxylic acids is 1. The van der Waals surface area contributed by atoms with Crippen LogP contribution in [0.25, 0.3) is 0 Å². The Kier molecular flexibility index (Phi) is 8.42. The third kappa shape index (κ3) is 5.75. The van der Waals surface area contributed by atoms with E-state index in [1.54, 1.807) is 58.0 Å². The van der Waals surface area contributed by atoms with Crippen LogP contribution in [-0.2, 0) is 14.8 Å². The molecule has 0 spiro atoms. The second-order valence-electron chi connectivity index (χ2n) is 6.54. The van der Waals surface area contributed by atoms with Crippen molar-refractivity contribution in [1.82, 2.24) is 4.31 Å². The number of ether oxygens (including phenoxy) is 2. The minimum Gasteiger partial charge on any atom is -0.492 e. The molecule has 0 aromatic heterocycles. The zero-order valence-electron chi connectivity index (χ0n) is 18.1. The molecule has 2 aromatic rings. The lowest BCUT2D eigenvalue weighted by molar-refractivity contribution is -0.122. The number of anilines is 1. The molecule has 0 aliphatic heterocycles. The van der Waals surface area contributed by atoms with Crippen LogP contribution in [0.3, 0.4) is 0 Å². The monoisotopic (exact) mass is 445 g/mol. The fraction of sp³-hybridized carbons (Fsp3) is 0.364. The molecule has 0 fully saturated rings. The molecule has 9 heteroatoms.